The molecular weight excluding hydrogens is 254 g/mol. The van der Waals surface area contributed by atoms with Crippen molar-refractivity contribution in [3.63, 3.8) is 0 Å². The maximum Gasteiger partial charge on any atom is 0.220 e. The van der Waals surface area contributed by atoms with E-state index >= 15 is 0 Å². The van der Waals surface area contributed by atoms with E-state index in [2.05, 4.69) is 19.2 Å². The Morgan fingerprint density at radius 2 is 1.95 bits per heavy atom. The van der Waals surface area contributed by atoms with Crippen LogP contribution in [0.5, 0.6) is 5.75 Å². The molecule has 20 heavy (non-hydrogen) atoms. The summed E-state index contributed by atoms with van der Waals surface area (Å²) in [6, 6.07) is 7.57. The fourth-order valence-corrected chi connectivity index (χ4v) is 2.10. The summed E-state index contributed by atoms with van der Waals surface area (Å²) in [6.07, 6.45) is 1.92. The van der Waals surface area contributed by atoms with Gasteiger partial charge in [-0.05, 0) is 36.5 Å². The molecule has 2 N–H and O–H groups in total. The smallest absolute Gasteiger partial charge is 0.220 e. The topological polar surface area (TPSA) is 58.6 Å². The number of nitrogens with one attached hydrogen (secondary N) is 1. The van der Waals surface area contributed by atoms with Crippen molar-refractivity contribution in [2.75, 3.05) is 13.7 Å². The standard InChI is InChI=1S/C16H25NO3/c1-12(2)10-14(11-18)17-16(19)9-6-13-4-7-15(20-3)8-5-13/h4-5,7-8,12,14,18H,6,9-11H2,1-3H3,(H,17,19). The molecule has 0 radical (unpaired) electrons. The fourth-order valence-electron chi connectivity index (χ4n) is 2.10. The van der Waals surface area contributed by atoms with Gasteiger partial charge in [0.1, 0.15) is 5.75 Å². The Kier molecular flexibility index (Phi) is 7.09. The number of rotatable bonds is 8. The molecule has 0 aliphatic rings. The molecule has 1 unspecified atom stereocenters. The lowest BCUT2D eigenvalue weighted by Gasteiger charge is -2.18. The zero-order valence-electron chi connectivity index (χ0n) is 12.6. The molecule has 0 aliphatic heterocycles. The van der Waals surface area contributed by atoms with Crippen LogP contribution in [0.2, 0.25) is 0 Å². The summed E-state index contributed by atoms with van der Waals surface area (Å²) < 4.78 is 5.09. The number of hydrogen-bond donors (Lipinski definition) is 2. The van der Waals surface area contributed by atoms with E-state index in [0.717, 1.165) is 17.7 Å². The molecule has 1 rings (SSSR count). The lowest BCUT2D eigenvalue weighted by Crippen LogP contribution is -2.38. The highest BCUT2D eigenvalue weighted by Crippen LogP contribution is 2.12. The molecule has 0 saturated heterocycles. The summed E-state index contributed by atoms with van der Waals surface area (Å²) >= 11 is 0. The second-order valence-corrected chi connectivity index (χ2v) is 5.42. The highest BCUT2D eigenvalue weighted by Gasteiger charge is 2.12. The van der Waals surface area contributed by atoms with Gasteiger partial charge in [0.2, 0.25) is 5.91 Å². The molecule has 4 nitrogen and oxygen atoms in total. The van der Waals surface area contributed by atoms with Gasteiger partial charge in [-0.2, -0.15) is 0 Å². The molecule has 4 heteroatoms. The molecule has 1 atom stereocenters. The predicted octanol–water partition coefficient (Wildman–Crippen LogP) is 2.15. The van der Waals surface area contributed by atoms with Gasteiger partial charge < -0.3 is 15.2 Å². The molecule has 0 spiro atoms. The molecule has 1 aromatic carbocycles. The van der Waals surface area contributed by atoms with Crippen molar-refractivity contribution in [1.82, 2.24) is 5.32 Å². The summed E-state index contributed by atoms with van der Waals surface area (Å²) in [7, 11) is 1.63. The minimum atomic E-state index is -0.140. The average molecular weight is 279 g/mol. The van der Waals surface area contributed by atoms with Crippen LogP contribution in [0.3, 0.4) is 0 Å². The minimum Gasteiger partial charge on any atom is -0.497 e. The summed E-state index contributed by atoms with van der Waals surface area (Å²) in [6.45, 7) is 4.14. The lowest BCUT2D eigenvalue weighted by atomic mass is 10.0. The molecule has 0 bridgehead atoms. The summed E-state index contributed by atoms with van der Waals surface area (Å²) in [5.41, 5.74) is 1.10. The number of ether oxygens (including phenoxy) is 1. The van der Waals surface area contributed by atoms with Gasteiger partial charge in [-0.15, -0.1) is 0 Å². The van der Waals surface area contributed by atoms with E-state index in [1.54, 1.807) is 7.11 Å². The van der Waals surface area contributed by atoms with Gasteiger partial charge >= 0.3 is 0 Å². The third-order valence-electron chi connectivity index (χ3n) is 3.14. The van der Waals surface area contributed by atoms with Crippen LogP contribution in [-0.2, 0) is 11.2 Å². The molecule has 112 valence electrons. The number of aliphatic hydroxyl groups is 1. The van der Waals surface area contributed by atoms with Crippen LogP contribution in [0.4, 0.5) is 0 Å². The quantitative estimate of drug-likeness (QED) is 0.766. The van der Waals surface area contributed by atoms with Gasteiger partial charge in [-0.25, -0.2) is 0 Å². The normalized spacial score (nSPS) is 12.2. The third-order valence-corrected chi connectivity index (χ3v) is 3.14. The second-order valence-electron chi connectivity index (χ2n) is 5.42. The van der Waals surface area contributed by atoms with E-state index in [9.17, 15) is 9.90 Å². The number of hydrogen-bond acceptors (Lipinski definition) is 3. The predicted molar refractivity (Wildman–Crippen MR) is 79.8 cm³/mol. The zero-order chi connectivity index (χ0) is 15.0. The van der Waals surface area contributed by atoms with Crippen molar-refractivity contribution in [1.29, 1.82) is 0 Å². The summed E-state index contributed by atoms with van der Waals surface area (Å²) in [4.78, 5) is 11.8. The van der Waals surface area contributed by atoms with Gasteiger partial charge in [0.25, 0.3) is 0 Å². The first-order valence-corrected chi connectivity index (χ1v) is 7.08. The van der Waals surface area contributed by atoms with Gasteiger partial charge in [0.05, 0.1) is 19.8 Å². The minimum absolute atomic E-state index is 0.00748. The van der Waals surface area contributed by atoms with Crippen molar-refractivity contribution < 1.29 is 14.6 Å². The first-order valence-electron chi connectivity index (χ1n) is 7.08. The Balaban J connectivity index is 2.37. The molecular formula is C16H25NO3. The van der Waals surface area contributed by atoms with E-state index in [-0.39, 0.29) is 18.6 Å². The van der Waals surface area contributed by atoms with Crippen LogP contribution in [0.15, 0.2) is 24.3 Å². The molecule has 0 fully saturated rings. The van der Waals surface area contributed by atoms with E-state index in [1.807, 2.05) is 24.3 Å². The van der Waals surface area contributed by atoms with Crippen LogP contribution in [0.1, 0.15) is 32.3 Å². The van der Waals surface area contributed by atoms with Crippen LogP contribution in [0, 0.1) is 5.92 Å². The Labute approximate surface area is 121 Å². The van der Waals surface area contributed by atoms with Crippen molar-refractivity contribution in [2.45, 2.75) is 39.2 Å². The maximum absolute atomic E-state index is 11.8. The molecule has 0 aromatic heterocycles. The lowest BCUT2D eigenvalue weighted by molar-refractivity contribution is -0.122. The van der Waals surface area contributed by atoms with E-state index < -0.39 is 0 Å². The van der Waals surface area contributed by atoms with Crippen LogP contribution >= 0.6 is 0 Å². The molecule has 1 aromatic rings. The van der Waals surface area contributed by atoms with Crippen LogP contribution in [-0.4, -0.2) is 30.8 Å². The number of carbonyl (C=O) groups excluding carboxylic acids is 1. The Bertz CT molecular complexity index is 401. The Morgan fingerprint density at radius 3 is 2.45 bits per heavy atom. The van der Waals surface area contributed by atoms with Crippen molar-refractivity contribution in [3.05, 3.63) is 29.8 Å². The molecule has 0 saturated carbocycles. The van der Waals surface area contributed by atoms with Gasteiger partial charge in [-0.1, -0.05) is 26.0 Å². The Morgan fingerprint density at radius 1 is 1.30 bits per heavy atom. The zero-order valence-corrected chi connectivity index (χ0v) is 12.6. The SMILES string of the molecule is COc1ccc(CCC(=O)NC(CO)CC(C)C)cc1. The highest BCUT2D eigenvalue weighted by atomic mass is 16.5. The summed E-state index contributed by atoms with van der Waals surface area (Å²) in [5, 5.41) is 12.1. The number of aryl methyl sites for hydroxylation is 1. The molecule has 1 amide bonds. The molecule has 0 aliphatic carbocycles. The number of benzene rings is 1. The monoisotopic (exact) mass is 279 g/mol. The van der Waals surface area contributed by atoms with Gasteiger partial charge in [0, 0.05) is 6.42 Å². The second kappa shape index (κ2) is 8.59. The van der Waals surface area contributed by atoms with Crippen LogP contribution < -0.4 is 10.1 Å². The number of amides is 1. The number of carbonyl (C=O) groups is 1. The van der Waals surface area contributed by atoms with Crippen LogP contribution in [0.25, 0.3) is 0 Å². The average Bonchev–Trinajstić information content (AvgIpc) is 2.44. The Hall–Kier alpha value is -1.55. The van der Waals surface area contributed by atoms with Gasteiger partial charge in [0.15, 0.2) is 0 Å². The highest BCUT2D eigenvalue weighted by molar-refractivity contribution is 5.76. The molecule has 0 heterocycles. The number of methoxy groups -OCH3 is 1. The first kappa shape index (κ1) is 16.5. The van der Waals surface area contributed by atoms with E-state index in [1.165, 1.54) is 0 Å². The largest absolute Gasteiger partial charge is 0.497 e. The fraction of sp³-hybridized carbons (Fsp3) is 0.562. The number of aliphatic hydroxyl groups excluding tert-OH is 1. The van der Waals surface area contributed by atoms with Crippen molar-refractivity contribution in [3.8, 4) is 5.75 Å². The third kappa shape index (κ3) is 6.06. The van der Waals surface area contributed by atoms with E-state index in [4.69, 9.17) is 4.74 Å². The van der Waals surface area contributed by atoms with Crippen molar-refractivity contribution in [2.24, 2.45) is 5.92 Å². The van der Waals surface area contributed by atoms with E-state index in [0.29, 0.717) is 18.8 Å². The summed E-state index contributed by atoms with van der Waals surface area (Å²) in [5.74, 6) is 1.25. The maximum atomic E-state index is 11.8. The van der Waals surface area contributed by atoms with Crippen molar-refractivity contribution >= 4 is 5.91 Å². The first-order chi connectivity index (χ1) is 9.55. The van der Waals surface area contributed by atoms with Gasteiger partial charge in [-0.3, -0.25) is 4.79 Å².